The summed E-state index contributed by atoms with van der Waals surface area (Å²) in [6, 6.07) is 0.796. The molecule has 0 aliphatic carbocycles. The summed E-state index contributed by atoms with van der Waals surface area (Å²) in [5.41, 5.74) is 0. The third-order valence-corrected chi connectivity index (χ3v) is 3.18. The van der Waals surface area contributed by atoms with Crippen LogP contribution in [0.5, 0.6) is 0 Å². The molecule has 0 amide bonds. The first-order valence-electron chi connectivity index (χ1n) is 4.96. The van der Waals surface area contributed by atoms with E-state index >= 15 is 0 Å². The van der Waals surface area contributed by atoms with Gasteiger partial charge in [0, 0.05) is 25.7 Å². The van der Waals surface area contributed by atoms with Gasteiger partial charge in [0.2, 0.25) is 0 Å². The molecule has 3 nitrogen and oxygen atoms in total. The van der Waals surface area contributed by atoms with Gasteiger partial charge in [-0.2, -0.15) is 0 Å². The van der Waals surface area contributed by atoms with Crippen molar-refractivity contribution >= 4 is 24.8 Å². The van der Waals surface area contributed by atoms with Crippen molar-refractivity contribution in [3.05, 3.63) is 0 Å². The maximum absolute atomic E-state index is 8.96. The highest BCUT2D eigenvalue weighted by molar-refractivity contribution is 5.85. The highest BCUT2D eigenvalue weighted by atomic mass is 35.5. The SMILES string of the molecule is Cl.Cl.OCC1CCN(C2CNC2)CC1. The zero-order chi connectivity index (χ0) is 8.39. The van der Waals surface area contributed by atoms with Crippen LogP contribution in [0.25, 0.3) is 0 Å². The molecule has 0 atom stereocenters. The molecule has 0 aromatic rings. The fourth-order valence-electron chi connectivity index (χ4n) is 2.03. The van der Waals surface area contributed by atoms with Gasteiger partial charge in [-0.15, -0.1) is 24.8 Å². The number of aliphatic hydroxyl groups excluding tert-OH is 1. The normalized spacial score (nSPS) is 24.6. The van der Waals surface area contributed by atoms with E-state index in [1.807, 2.05) is 0 Å². The largest absolute Gasteiger partial charge is 0.396 e. The number of hydrogen-bond donors (Lipinski definition) is 2. The lowest BCUT2D eigenvalue weighted by atomic mass is 9.95. The Kier molecular flexibility index (Phi) is 7.08. The van der Waals surface area contributed by atoms with E-state index < -0.39 is 0 Å². The minimum atomic E-state index is 0. The fourth-order valence-corrected chi connectivity index (χ4v) is 2.03. The van der Waals surface area contributed by atoms with Crippen LogP contribution in [0.4, 0.5) is 0 Å². The number of piperidine rings is 1. The first-order chi connectivity index (χ1) is 5.90. The lowest BCUT2D eigenvalue weighted by Gasteiger charge is -2.41. The summed E-state index contributed by atoms with van der Waals surface area (Å²) in [7, 11) is 0. The molecule has 2 fully saturated rings. The first kappa shape index (κ1) is 14.5. The van der Waals surface area contributed by atoms with E-state index in [0.717, 1.165) is 6.04 Å². The van der Waals surface area contributed by atoms with Gasteiger partial charge in [0.25, 0.3) is 0 Å². The Hall–Kier alpha value is 0.460. The van der Waals surface area contributed by atoms with Gasteiger partial charge in [-0.05, 0) is 31.8 Å². The zero-order valence-corrected chi connectivity index (χ0v) is 9.95. The summed E-state index contributed by atoms with van der Waals surface area (Å²) >= 11 is 0. The highest BCUT2D eigenvalue weighted by Crippen LogP contribution is 2.19. The molecule has 14 heavy (non-hydrogen) atoms. The molecule has 2 saturated heterocycles. The van der Waals surface area contributed by atoms with Gasteiger partial charge in [-0.25, -0.2) is 0 Å². The molecular weight excluding hydrogens is 223 g/mol. The van der Waals surface area contributed by atoms with E-state index in [9.17, 15) is 0 Å². The van der Waals surface area contributed by atoms with Crippen molar-refractivity contribution in [2.75, 3.05) is 32.8 Å². The summed E-state index contributed by atoms with van der Waals surface area (Å²) < 4.78 is 0. The maximum Gasteiger partial charge on any atom is 0.0460 e. The molecule has 2 N–H and O–H groups in total. The molecule has 0 bridgehead atoms. The van der Waals surface area contributed by atoms with Crippen LogP contribution in [0.1, 0.15) is 12.8 Å². The summed E-state index contributed by atoms with van der Waals surface area (Å²) in [5.74, 6) is 0.578. The van der Waals surface area contributed by atoms with Crippen LogP contribution in [0.3, 0.4) is 0 Å². The Morgan fingerprint density at radius 1 is 1.14 bits per heavy atom. The Bertz CT molecular complexity index is 148. The molecule has 0 aromatic heterocycles. The Morgan fingerprint density at radius 3 is 2.07 bits per heavy atom. The van der Waals surface area contributed by atoms with Crippen molar-refractivity contribution in [3.63, 3.8) is 0 Å². The molecule has 2 aliphatic rings. The second kappa shape index (κ2) is 6.85. The predicted octanol–water partition coefficient (Wildman–Crippen LogP) is 0.506. The van der Waals surface area contributed by atoms with Gasteiger partial charge in [-0.1, -0.05) is 0 Å². The van der Waals surface area contributed by atoms with Crippen LogP contribution >= 0.6 is 24.8 Å². The average Bonchev–Trinajstić information content (AvgIpc) is 2.03. The predicted molar refractivity (Wildman–Crippen MR) is 62.5 cm³/mol. The number of nitrogens with zero attached hydrogens (tertiary/aromatic N) is 1. The molecule has 0 unspecified atom stereocenters. The molecule has 2 aliphatic heterocycles. The van der Waals surface area contributed by atoms with Gasteiger partial charge in [-0.3, -0.25) is 4.90 Å². The van der Waals surface area contributed by atoms with E-state index in [-0.39, 0.29) is 24.8 Å². The maximum atomic E-state index is 8.96. The van der Waals surface area contributed by atoms with Crippen molar-refractivity contribution in [2.45, 2.75) is 18.9 Å². The number of aliphatic hydroxyl groups is 1. The van der Waals surface area contributed by atoms with Crippen LogP contribution in [-0.2, 0) is 0 Å². The first-order valence-corrected chi connectivity index (χ1v) is 4.96. The number of rotatable bonds is 2. The lowest BCUT2D eigenvalue weighted by Crippen LogP contribution is -2.58. The minimum absolute atomic E-state index is 0. The summed E-state index contributed by atoms with van der Waals surface area (Å²) in [6.07, 6.45) is 2.38. The molecule has 0 aromatic carbocycles. The number of hydrogen-bond acceptors (Lipinski definition) is 3. The van der Waals surface area contributed by atoms with Crippen molar-refractivity contribution < 1.29 is 5.11 Å². The Labute approximate surface area is 98.1 Å². The van der Waals surface area contributed by atoms with Crippen LogP contribution < -0.4 is 5.32 Å². The van der Waals surface area contributed by atoms with Gasteiger partial charge >= 0.3 is 0 Å². The van der Waals surface area contributed by atoms with Crippen molar-refractivity contribution in [1.29, 1.82) is 0 Å². The lowest BCUT2D eigenvalue weighted by molar-refractivity contribution is 0.0780. The molecule has 0 saturated carbocycles. The topological polar surface area (TPSA) is 35.5 Å². The van der Waals surface area contributed by atoms with Gasteiger partial charge in [0.1, 0.15) is 0 Å². The van der Waals surface area contributed by atoms with Crippen LogP contribution in [0.2, 0.25) is 0 Å². The Balaban J connectivity index is 0.000000845. The molecule has 86 valence electrons. The Morgan fingerprint density at radius 2 is 1.71 bits per heavy atom. The zero-order valence-electron chi connectivity index (χ0n) is 8.32. The van der Waals surface area contributed by atoms with E-state index in [2.05, 4.69) is 10.2 Å². The quantitative estimate of drug-likeness (QED) is 0.741. The van der Waals surface area contributed by atoms with E-state index in [1.54, 1.807) is 0 Å². The minimum Gasteiger partial charge on any atom is -0.396 e. The summed E-state index contributed by atoms with van der Waals surface area (Å²) in [6.45, 7) is 5.11. The molecule has 2 rings (SSSR count). The molecule has 5 heteroatoms. The highest BCUT2D eigenvalue weighted by Gasteiger charge is 2.27. The van der Waals surface area contributed by atoms with Crippen molar-refractivity contribution in [3.8, 4) is 0 Å². The second-order valence-electron chi connectivity index (χ2n) is 3.97. The van der Waals surface area contributed by atoms with Crippen molar-refractivity contribution in [2.24, 2.45) is 5.92 Å². The van der Waals surface area contributed by atoms with E-state index in [0.29, 0.717) is 12.5 Å². The standard InChI is InChI=1S/C9H18N2O.2ClH/c12-7-8-1-3-11(4-2-8)9-5-10-6-9;;/h8-10,12H,1-7H2;2*1H. The number of likely N-dealkylation sites (tertiary alicyclic amines) is 1. The smallest absolute Gasteiger partial charge is 0.0460 e. The van der Waals surface area contributed by atoms with Gasteiger partial charge < -0.3 is 10.4 Å². The van der Waals surface area contributed by atoms with Crippen LogP contribution in [0.15, 0.2) is 0 Å². The monoisotopic (exact) mass is 242 g/mol. The number of halogens is 2. The molecule has 0 radical (unpaired) electrons. The molecule has 2 heterocycles. The summed E-state index contributed by atoms with van der Waals surface area (Å²) in [4.78, 5) is 2.56. The van der Waals surface area contributed by atoms with Crippen molar-refractivity contribution in [1.82, 2.24) is 10.2 Å². The third-order valence-electron chi connectivity index (χ3n) is 3.18. The molecular formula is C9H20Cl2N2O. The second-order valence-corrected chi connectivity index (χ2v) is 3.97. The average molecular weight is 243 g/mol. The third kappa shape index (κ3) is 3.24. The van der Waals surface area contributed by atoms with E-state index in [1.165, 1.54) is 39.0 Å². The molecule has 0 spiro atoms. The van der Waals surface area contributed by atoms with Gasteiger partial charge in [0.05, 0.1) is 0 Å². The summed E-state index contributed by atoms with van der Waals surface area (Å²) in [5, 5.41) is 12.2. The number of nitrogens with one attached hydrogen (secondary N) is 1. The van der Waals surface area contributed by atoms with E-state index in [4.69, 9.17) is 5.11 Å². The van der Waals surface area contributed by atoms with Crippen LogP contribution in [-0.4, -0.2) is 48.8 Å². The van der Waals surface area contributed by atoms with Crippen LogP contribution in [0, 0.1) is 5.92 Å². The fraction of sp³-hybridized carbons (Fsp3) is 1.00. The van der Waals surface area contributed by atoms with Gasteiger partial charge in [0.15, 0.2) is 0 Å².